The molecule has 2 aromatic heterocycles. The highest BCUT2D eigenvalue weighted by Gasteiger charge is 2.20. The van der Waals surface area contributed by atoms with E-state index in [1.807, 2.05) is 6.07 Å². The summed E-state index contributed by atoms with van der Waals surface area (Å²) in [7, 11) is 0. The molecule has 3 aromatic rings. The number of carbonyl (C=O) groups is 1. The fraction of sp³-hybridized carbons (Fsp3) is 0.375. The predicted octanol–water partition coefficient (Wildman–Crippen LogP) is 5.97. The number of fused-ring (bicyclic) bond motifs is 1. The van der Waals surface area contributed by atoms with Crippen molar-refractivity contribution in [3.8, 4) is 6.07 Å². The summed E-state index contributed by atoms with van der Waals surface area (Å²) in [5.74, 6) is -0.987. The summed E-state index contributed by atoms with van der Waals surface area (Å²) in [6.45, 7) is 2.88. The van der Waals surface area contributed by atoms with Gasteiger partial charge in [0.25, 0.3) is 0 Å². The molecule has 0 aliphatic rings. The Bertz CT molecular complexity index is 1050. The molecule has 156 valence electrons. The number of nitrogens with one attached hydrogen (secondary N) is 2. The Kier molecular flexibility index (Phi) is 7.56. The first-order valence-electron chi connectivity index (χ1n) is 10.6. The number of aromatic nitrogens is 2. The molecule has 0 saturated heterocycles. The maximum atomic E-state index is 15.0. The van der Waals surface area contributed by atoms with Crippen LogP contribution in [0.15, 0.2) is 36.7 Å². The topological polar surface area (TPSA) is 81.6 Å². The number of carbonyl (C=O) groups excluding carboxylic acids is 1. The highest BCUT2D eigenvalue weighted by atomic mass is 19.1. The molecule has 0 bridgehead atoms. The largest absolute Gasteiger partial charge is 0.383 e. The number of unbranched alkanes of at least 4 members (excludes halogenated alkanes) is 6. The Hall–Kier alpha value is -3.20. The molecule has 0 radical (unpaired) electrons. The van der Waals surface area contributed by atoms with Gasteiger partial charge in [0.2, 0.25) is 0 Å². The third kappa shape index (κ3) is 5.04. The zero-order chi connectivity index (χ0) is 21.3. The second-order valence-electron chi connectivity index (χ2n) is 7.48. The Morgan fingerprint density at radius 1 is 1.17 bits per heavy atom. The van der Waals surface area contributed by atoms with Crippen LogP contribution in [0.3, 0.4) is 0 Å². The minimum atomic E-state index is -0.552. The Morgan fingerprint density at radius 3 is 2.70 bits per heavy atom. The molecule has 0 spiro atoms. The first-order chi connectivity index (χ1) is 14.7. The van der Waals surface area contributed by atoms with E-state index < -0.39 is 11.6 Å². The summed E-state index contributed by atoms with van der Waals surface area (Å²) in [6.07, 6.45) is 11.3. The monoisotopic (exact) mass is 406 g/mol. The lowest BCUT2D eigenvalue weighted by atomic mass is 10.0. The lowest BCUT2D eigenvalue weighted by Gasteiger charge is -2.10. The van der Waals surface area contributed by atoms with Crippen LogP contribution in [0.25, 0.3) is 11.0 Å². The third-order valence-corrected chi connectivity index (χ3v) is 5.24. The van der Waals surface area contributed by atoms with Crippen LogP contribution in [0.1, 0.15) is 73.4 Å². The second kappa shape index (κ2) is 10.5. The van der Waals surface area contributed by atoms with Crippen molar-refractivity contribution < 1.29 is 9.18 Å². The average molecular weight is 407 g/mol. The number of hydrogen-bond acceptors (Lipinski definition) is 4. The van der Waals surface area contributed by atoms with Gasteiger partial charge in [0, 0.05) is 29.9 Å². The number of rotatable bonds is 11. The molecule has 3 rings (SSSR count). The molecule has 0 atom stereocenters. The van der Waals surface area contributed by atoms with Gasteiger partial charge in [-0.3, -0.25) is 4.79 Å². The highest BCUT2D eigenvalue weighted by molar-refractivity contribution is 6.16. The van der Waals surface area contributed by atoms with Crippen LogP contribution in [0, 0.1) is 17.1 Å². The summed E-state index contributed by atoms with van der Waals surface area (Å²) in [4.78, 5) is 20.0. The van der Waals surface area contributed by atoms with Gasteiger partial charge in [-0.15, -0.1) is 0 Å². The summed E-state index contributed by atoms with van der Waals surface area (Å²) >= 11 is 0. The van der Waals surface area contributed by atoms with E-state index >= 15 is 4.39 Å². The van der Waals surface area contributed by atoms with Gasteiger partial charge in [-0.2, -0.15) is 5.26 Å². The number of aromatic amines is 1. The zero-order valence-corrected chi connectivity index (χ0v) is 17.3. The quantitative estimate of drug-likeness (QED) is 0.304. The van der Waals surface area contributed by atoms with Gasteiger partial charge >= 0.3 is 0 Å². The van der Waals surface area contributed by atoms with Crippen molar-refractivity contribution in [2.24, 2.45) is 0 Å². The summed E-state index contributed by atoms with van der Waals surface area (Å²) < 4.78 is 15.0. The van der Waals surface area contributed by atoms with E-state index in [0.717, 1.165) is 12.8 Å². The molecule has 2 N–H and O–H groups in total. The van der Waals surface area contributed by atoms with Crippen LogP contribution in [-0.2, 0) is 0 Å². The highest BCUT2D eigenvalue weighted by Crippen LogP contribution is 2.25. The normalized spacial score (nSPS) is 10.8. The fourth-order valence-corrected chi connectivity index (χ4v) is 3.55. The molecule has 1 aromatic carbocycles. The van der Waals surface area contributed by atoms with Crippen molar-refractivity contribution in [3.63, 3.8) is 0 Å². The number of anilines is 1. The molecule has 0 fully saturated rings. The number of hydrogen-bond donors (Lipinski definition) is 2. The maximum absolute atomic E-state index is 15.0. The number of pyridine rings is 1. The number of nitriles is 1. The van der Waals surface area contributed by atoms with E-state index in [9.17, 15) is 4.79 Å². The molecule has 6 heteroatoms. The van der Waals surface area contributed by atoms with E-state index in [0.29, 0.717) is 34.4 Å². The summed E-state index contributed by atoms with van der Waals surface area (Å²) in [6, 6.07) is 8.41. The molecule has 2 heterocycles. The Balaban J connectivity index is 1.66. The van der Waals surface area contributed by atoms with Gasteiger partial charge in [0.05, 0.1) is 16.8 Å². The zero-order valence-electron chi connectivity index (χ0n) is 17.3. The number of halogens is 1. The molecule has 0 unspecified atom stereocenters. The van der Waals surface area contributed by atoms with Crippen LogP contribution < -0.4 is 5.32 Å². The molecule has 0 amide bonds. The third-order valence-electron chi connectivity index (χ3n) is 5.24. The maximum Gasteiger partial charge on any atom is 0.198 e. The van der Waals surface area contributed by atoms with Gasteiger partial charge in [-0.05, 0) is 24.6 Å². The number of ketones is 1. The van der Waals surface area contributed by atoms with Crippen LogP contribution in [-0.4, -0.2) is 22.3 Å². The molecular formula is C24H27FN4O. The number of H-pyrrole nitrogens is 1. The smallest absolute Gasteiger partial charge is 0.198 e. The first-order valence-corrected chi connectivity index (χ1v) is 10.6. The van der Waals surface area contributed by atoms with Crippen molar-refractivity contribution in [2.45, 2.75) is 51.9 Å². The van der Waals surface area contributed by atoms with Crippen LogP contribution in [0.5, 0.6) is 0 Å². The molecule has 30 heavy (non-hydrogen) atoms. The van der Waals surface area contributed by atoms with Gasteiger partial charge in [0.1, 0.15) is 11.7 Å². The van der Waals surface area contributed by atoms with Gasteiger partial charge < -0.3 is 10.3 Å². The number of nitrogens with zero attached hydrogens (tertiary/aromatic N) is 2. The van der Waals surface area contributed by atoms with E-state index in [-0.39, 0.29) is 5.56 Å². The minimum absolute atomic E-state index is 0.00262. The van der Waals surface area contributed by atoms with E-state index in [2.05, 4.69) is 22.2 Å². The standard InChI is InChI=1S/C24H27FN4O/c1-2-3-4-5-6-7-8-12-27-21-11-9-10-18(22(21)25)23(30)20-16-29-24-19(20)13-17(14-26)15-28-24/h9-11,13,15-16,27H,2-8,12H2,1H3,(H,28,29). The van der Waals surface area contributed by atoms with Gasteiger partial charge in [-0.1, -0.05) is 51.5 Å². The van der Waals surface area contributed by atoms with Crippen molar-refractivity contribution in [2.75, 3.05) is 11.9 Å². The van der Waals surface area contributed by atoms with Crippen molar-refractivity contribution in [1.82, 2.24) is 9.97 Å². The molecule has 0 saturated carbocycles. The Morgan fingerprint density at radius 2 is 1.93 bits per heavy atom. The predicted molar refractivity (Wildman–Crippen MR) is 117 cm³/mol. The number of benzene rings is 1. The second-order valence-corrected chi connectivity index (χ2v) is 7.48. The van der Waals surface area contributed by atoms with Crippen LogP contribution in [0.2, 0.25) is 0 Å². The van der Waals surface area contributed by atoms with Crippen LogP contribution >= 0.6 is 0 Å². The lowest BCUT2D eigenvalue weighted by molar-refractivity contribution is 0.103. The molecule has 5 nitrogen and oxygen atoms in total. The van der Waals surface area contributed by atoms with E-state index in [1.54, 1.807) is 18.2 Å². The average Bonchev–Trinajstić information content (AvgIpc) is 3.19. The SMILES string of the molecule is CCCCCCCCCNc1cccc(C(=O)c2c[nH]c3ncc(C#N)cc23)c1F. The Labute approximate surface area is 176 Å². The first kappa shape index (κ1) is 21.5. The van der Waals surface area contributed by atoms with Crippen molar-refractivity contribution >= 4 is 22.5 Å². The summed E-state index contributed by atoms with van der Waals surface area (Å²) in [5.41, 5.74) is 1.48. The fourth-order valence-electron chi connectivity index (χ4n) is 3.55. The van der Waals surface area contributed by atoms with E-state index in [1.165, 1.54) is 50.6 Å². The van der Waals surface area contributed by atoms with Gasteiger partial charge in [-0.25, -0.2) is 9.37 Å². The lowest BCUT2D eigenvalue weighted by Crippen LogP contribution is -2.09. The van der Waals surface area contributed by atoms with E-state index in [4.69, 9.17) is 5.26 Å². The van der Waals surface area contributed by atoms with Crippen molar-refractivity contribution in [3.05, 3.63) is 59.2 Å². The minimum Gasteiger partial charge on any atom is -0.383 e. The molecular weight excluding hydrogens is 379 g/mol. The summed E-state index contributed by atoms with van der Waals surface area (Å²) in [5, 5.41) is 12.7. The molecule has 0 aliphatic carbocycles. The van der Waals surface area contributed by atoms with Gasteiger partial charge in [0.15, 0.2) is 11.6 Å². The van der Waals surface area contributed by atoms with Crippen LogP contribution in [0.4, 0.5) is 10.1 Å². The molecule has 0 aliphatic heterocycles. The van der Waals surface area contributed by atoms with Crippen molar-refractivity contribution in [1.29, 1.82) is 5.26 Å².